The van der Waals surface area contributed by atoms with Gasteiger partial charge >= 0.3 is 0 Å². The molecule has 2 aliphatic carbocycles. The number of rotatable bonds is 8. The van der Waals surface area contributed by atoms with E-state index in [-0.39, 0.29) is 65.7 Å². The van der Waals surface area contributed by atoms with Gasteiger partial charge in [0.05, 0.1) is 42.7 Å². The van der Waals surface area contributed by atoms with Gasteiger partial charge in [0, 0.05) is 31.2 Å². The molecule has 4 aliphatic rings. The summed E-state index contributed by atoms with van der Waals surface area (Å²) in [6, 6.07) is 6.65. The van der Waals surface area contributed by atoms with Crippen molar-refractivity contribution < 1.29 is 44.0 Å². The van der Waals surface area contributed by atoms with E-state index < -0.39 is 24.4 Å². The van der Waals surface area contributed by atoms with Crippen molar-refractivity contribution in [1.82, 2.24) is 4.90 Å². The first-order valence-electron chi connectivity index (χ1n) is 15.2. The first-order valence-corrected chi connectivity index (χ1v) is 15.2. The van der Waals surface area contributed by atoms with Gasteiger partial charge in [-0.1, -0.05) is 18.7 Å². The molecule has 248 valence electrons. The monoisotopic (exact) mass is 638 g/mol. The molecule has 0 spiro atoms. The molecular formula is C34H42N2O10. The van der Waals surface area contributed by atoms with Crippen LogP contribution in [0.3, 0.4) is 0 Å². The molecule has 12 heteroatoms. The number of aromatic hydroxyl groups is 1. The fourth-order valence-electron chi connectivity index (χ4n) is 7.06. The zero-order valence-electron chi connectivity index (χ0n) is 26.4. The average molecular weight is 639 g/mol. The molecule has 2 fully saturated rings. The Hall–Kier alpha value is -3.78. The summed E-state index contributed by atoms with van der Waals surface area (Å²) in [7, 11) is 1.00. The van der Waals surface area contributed by atoms with Crippen molar-refractivity contribution in [3.63, 3.8) is 0 Å². The third-order valence-electron chi connectivity index (χ3n) is 9.02. The number of morpholine rings is 1. The van der Waals surface area contributed by atoms with Crippen molar-refractivity contribution in [3.05, 3.63) is 82.3 Å². The first-order chi connectivity index (χ1) is 22.2. The lowest BCUT2D eigenvalue weighted by atomic mass is 9.73. The van der Waals surface area contributed by atoms with Gasteiger partial charge in [0.15, 0.2) is 16.9 Å². The van der Waals surface area contributed by atoms with Crippen LogP contribution < -0.4 is 4.84 Å². The summed E-state index contributed by atoms with van der Waals surface area (Å²) in [6.45, 7) is 15.5. The molecule has 12 nitrogen and oxygen atoms in total. The minimum absolute atomic E-state index is 0.0218. The normalized spacial score (nSPS) is 25.3. The van der Waals surface area contributed by atoms with E-state index in [4.69, 9.17) is 24.2 Å². The summed E-state index contributed by atoms with van der Waals surface area (Å²) in [4.78, 5) is 44.6. The van der Waals surface area contributed by atoms with Crippen LogP contribution in [0.4, 0.5) is 0 Å². The number of Topliss-reactive ketones (excluding diaryl/α,β-unsaturated/α-hetero) is 1. The van der Waals surface area contributed by atoms with Crippen LogP contribution in [-0.2, 0) is 25.4 Å². The largest absolute Gasteiger partial charge is 0.507 e. The van der Waals surface area contributed by atoms with Gasteiger partial charge in [0.2, 0.25) is 5.78 Å². The predicted molar refractivity (Wildman–Crippen MR) is 169 cm³/mol. The number of phenols is 1. The zero-order chi connectivity index (χ0) is 33.7. The Morgan fingerprint density at radius 1 is 1.22 bits per heavy atom. The van der Waals surface area contributed by atoms with Crippen molar-refractivity contribution in [2.75, 3.05) is 33.5 Å². The molecule has 0 amide bonds. The molecule has 2 saturated heterocycles. The van der Waals surface area contributed by atoms with Crippen LogP contribution in [-0.4, -0.2) is 89.7 Å². The third-order valence-corrected chi connectivity index (χ3v) is 9.02. The summed E-state index contributed by atoms with van der Waals surface area (Å²) < 4.78 is 18.2. The molecule has 6 rings (SSSR count). The highest BCUT2D eigenvalue weighted by molar-refractivity contribution is 6.21. The topological polar surface area (TPSA) is 164 Å². The summed E-state index contributed by atoms with van der Waals surface area (Å²) >= 11 is 0. The summed E-state index contributed by atoms with van der Waals surface area (Å²) in [6.07, 6.45) is 0.0626. The quantitative estimate of drug-likeness (QED) is 0.186. The number of hydrogen-bond donors (Lipinski definition) is 3. The van der Waals surface area contributed by atoms with E-state index in [9.17, 15) is 24.7 Å². The molecule has 0 saturated carbocycles. The fourth-order valence-corrected chi connectivity index (χ4v) is 7.06. The van der Waals surface area contributed by atoms with E-state index in [1.807, 2.05) is 13.8 Å². The number of fused-ring (bicyclic) bond motifs is 4. The number of carbonyl (C=O) groups excluding carboxylic acids is 2. The first kappa shape index (κ1) is 35.1. The maximum atomic E-state index is 13.8. The van der Waals surface area contributed by atoms with Crippen molar-refractivity contribution >= 4 is 17.1 Å². The Balaban J connectivity index is 0.00000116. The highest BCUT2D eigenvalue weighted by Crippen LogP contribution is 2.49. The molecule has 2 aromatic rings. The minimum atomic E-state index is -0.710. The number of aliphatic hydroxyl groups is 2. The van der Waals surface area contributed by atoms with E-state index in [2.05, 4.69) is 30.0 Å². The molecule has 2 aliphatic heterocycles. The van der Waals surface area contributed by atoms with Crippen LogP contribution in [0.25, 0.3) is 5.57 Å². The Bertz CT molecular complexity index is 1480. The molecule has 2 aromatic carbocycles. The maximum Gasteiger partial charge on any atom is 0.201 e. The maximum absolute atomic E-state index is 13.8. The summed E-state index contributed by atoms with van der Waals surface area (Å²) in [5.74, 6) is -1.63. The highest BCUT2D eigenvalue weighted by atomic mass is 16.7. The molecule has 6 atom stereocenters. The van der Waals surface area contributed by atoms with Gasteiger partial charge in [-0.2, -0.15) is 0 Å². The van der Waals surface area contributed by atoms with Gasteiger partial charge in [0.1, 0.15) is 18.6 Å². The van der Waals surface area contributed by atoms with Crippen LogP contribution in [0.5, 0.6) is 11.5 Å². The van der Waals surface area contributed by atoms with Gasteiger partial charge in [-0.3, -0.25) is 14.5 Å². The Labute approximate surface area is 268 Å². The molecule has 46 heavy (non-hydrogen) atoms. The Morgan fingerprint density at radius 2 is 1.96 bits per heavy atom. The SMILES string of the molecule is C=C.C=C1c2cccc(ON=O)c2C(=O)c2c1cc1c(c2O)[C@@H](OC(C)C[C@H]2[C@@H](C)OC3COCCN32)CC(C(=O)CO)C1.CO. The lowest BCUT2D eigenvalue weighted by Crippen LogP contribution is -2.47. The fraction of sp³-hybridized carbons (Fsp3) is 0.471. The smallest absolute Gasteiger partial charge is 0.201 e. The second kappa shape index (κ2) is 15.2. The standard InChI is InChI=1S/C31H34N2O9.C2H4.CH4O/c1-15(9-22-17(3)41-26-14-39-8-7-33(22)26)40-25-12-18(23(35)13-34)10-19-11-21-16(2)20-5-4-6-24(42-32-38)28(20)31(37)29(21)30(36)27(19)25;2*1-2/h4-6,11,15,17-18,22,25-26,34,36H,2,7-10,12-14H2,1,3H3;1-2H2;2H,1H3/t15?,17-,18?,22+,25+,26?;;/m1../s1. The van der Waals surface area contributed by atoms with Gasteiger partial charge in [-0.05, 0) is 67.5 Å². The Kier molecular flexibility index (Phi) is 11.6. The van der Waals surface area contributed by atoms with E-state index in [0.29, 0.717) is 47.5 Å². The van der Waals surface area contributed by atoms with E-state index >= 15 is 0 Å². The lowest BCUT2D eigenvalue weighted by molar-refractivity contribution is -0.128. The number of ketones is 2. The van der Waals surface area contributed by atoms with E-state index in [0.717, 1.165) is 13.7 Å². The van der Waals surface area contributed by atoms with E-state index in [1.54, 1.807) is 18.2 Å². The number of nitrogens with zero attached hydrogens (tertiary/aromatic N) is 2. The third kappa shape index (κ3) is 6.41. The van der Waals surface area contributed by atoms with Crippen molar-refractivity contribution in [1.29, 1.82) is 0 Å². The minimum Gasteiger partial charge on any atom is -0.507 e. The molecule has 3 N–H and O–H groups in total. The number of benzene rings is 2. The van der Waals surface area contributed by atoms with Crippen molar-refractivity contribution in [3.8, 4) is 11.5 Å². The number of phenolic OH excluding ortho intramolecular Hbond substituents is 1. The Morgan fingerprint density at radius 3 is 2.65 bits per heavy atom. The van der Waals surface area contributed by atoms with Crippen LogP contribution >= 0.6 is 0 Å². The van der Waals surface area contributed by atoms with Crippen molar-refractivity contribution in [2.24, 2.45) is 11.3 Å². The lowest BCUT2D eigenvalue weighted by Gasteiger charge is -2.37. The van der Waals surface area contributed by atoms with Crippen LogP contribution in [0, 0.1) is 10.8 Å². The van der Waals surface area contributed by atoms with Gasteiger partial charge in [-0.25, -0.2) is 0 Å². The highest BCUT2D eigenvalue weighted by Gasteiger charge is 2.44. The van der Waals surface area contributed by atoms with Gasteiger partial charge in [0.25, 0.3) is 0 Å². The second-order valence-corrected chi connectivity index (χ2v) is 11.5. The van der Waals surface area contributed by atoms with Crippen LogP contribution in [0.15, 0.2) is 49.3 Å². The van der Waals surface area contributed by atoms with Crippen molar-refractivity contribution in [2.45, 2.75) is 63.7 Å². The molecule has 0 radical (unpaired) electrons. The summed E-state index contributed by atoms with van der Waals surface area (Å²) in [5.41, 5.74) is 2.59. The number of aliphatic hydroxyl groups excluding tert-OH is 2. The molecule has 0 bridgehead atoms. The second-order valence-electron chi connectivity index (χ2n) is 11.5. The van der Waals surface area contributed by atoms with Crippen LogP contribution in [0.1, 0.15) is 71.0 Å². The van der Waals surface area contributed by atoms with Gasteiger partial charge < -0.3 is 34.4 Å². The molecule has 0 aromatic heterocycles. The predicted octanol–water partition coefficient (Wildman–Crippen LogP) is 3.87. The molecular weight excluding hydrogens is 596 g/mol. The zero-order valence-corrected chi connectivity index (χ0v) is 26.4. The average Bonchev–Trinajstić information content (AvgIpc) is 3.38. The molecule has 3 unspecified atom stereocenters. The summed E-state index contributed by atoms with van der Waals surface area (Å²) in [5, 5.41) is 30.9. The number of hydrogen-bond acceptors (Lipinski definition) is 12. The number of carbonyl (C=O) groups is 2. The number of ether oxygens (including phenoxy) is 3. The van der Waals surface area contributed by atoms with Crippen LogP contribution in [0.2, 0.25) is 0 Å². The van der Waals surface area contributed by atoms with Gasteiger partial charge in [-0.15, -0.1) is 18.1 Å². The molecule has 2 heterocycles. The van der Waals surface area contributed by atoms with E-state index in [1.165, 1.54) is 6.07 Å².